The molecule has 0 heterocycles. The van der Waals surface area contributed by atoms with Crippen LogP contribution in [0.25, 0.3) is 0 Å². The van der Waals surface area contributed by atoms with Gasteiger partial charge < -0.3 is 14.2 Å². The Morgan fingerprint density at radius 1 is 0.269 bits per heavy atom. The number of hydrogen-bond donors (Lipinski definition) is 0. The van der Waals surface area contributed by atoms with Crippen LogP contribution in [-0.2, 0) is 28.6 Å². The van der Waals surface area contributed by atoms with Crippen molar-refractivity contribution in [3.63, 3.8) is 0 Å². The summed E-state index contributed by atoms with van der Waals surface area (Å²) >= 11 is 0. The molecule has 0 N–H and O–H groups in total. The van der Waals surface area contributed by atoms with E-state index < -0.39 is 6.10 Å². The third-order valence-corrected chi connectivity index (χ3v) is 14.9. The van der Waals surface area contributed by atoms with Crippen molar-refractivity contribution in [2.45, 2.75) is 354 Å². The summed E-state index contributed by atoms with van der Waals surface area (Å²) in [4.78, 5) is 38.4. The number of carbonyl (C=O) groups is 3. The van der Waals surface area contributed by atoms with E-state index in [1.807, 2.05) is 0 Å². The highest BCUT2D eigenvalue weighted by molar-refractivity contribution is 5.71. The molecule has 0 saturated carbocycles. The Bertz CT molecular complexity index is 1440. The standard InChI is InChI=1S/C72H128O6/c1-4-7-10-13-16-19-22-25-27-29-31-33-34-35-36-37-38-39-41-42-44-47-50-53-56-59-62-65-71(74)77-68-69(67-76-70(73)64-61-58-55-52-49-46-24-21-18-15-12-9-6-3)78-72(75)66-63-60-57-54-51-48-45-43-40-32-30-28-26-23-20-17-14-11-8-5-2/h7,10,16,19,21,24-25,27,31,33,35-36,69H,4-6,8-9,11-15,17-18,20,22-23,26,28-30,32,34,37-68H2,1-3H3/b10-7-,19-16-,24-21-,27-25-,33-31-,36-35-. The Hall–Kier alpha value is -3.15. The van der Waals surface area contributed by atoms with Crippen LogP contribution in [0.1, 0.15) is 348 Å². The van der Waals surface area contributed by atoms with Gasteiger partial charge in [0.2, 0.25) is 0 Å². The van der Waals surface area contributed by atoms with Crippen LogP contribution in [0.5, 0.6) is 0 Å². The number of esters is 3. The van der Waals surface area contributed by atoms with Gasteiger partial charge in [0.15, 0.2) is 6.10 Å². The molecule has 1 atom stereocenters. The summed E-state index contributed by atoms with van der Waals surface area (Å²) in [7, 11) is 0. The Morgan fingerprint density at radius 2 is 0.500 bits per heavy atom. The summed E-state index contributed by atoms with van der Waals surface area (Å²) in [6.07, 6.45) is 86.3. The van der Waals surface area contributed by atoms with Crippen molar-refractivity contribution < 1.29 is 28.6 Å². The van der Waals surface area contributed by atoms with Gasteiger partial charge in [-0.05, 0) is 89.9 Å². The molecule has 78 heavy (non-hydrogen) atoms. The van der Waals surface area contributed by atoms with Crippen LogP contribution in [0.4, 0.5) is 0 Å². The molecule has 0 aromatic carbocycles. The SMILES string of the molecule is CC/C=C\C/C=C\C/C=C\C/C=C\C/C=C\CCCCCCCCCCCCCC(=O)OCC(COC(=O)CCCCCCC/C=C\CCCCCC)OC(=O)CCCCCCCCCCCCCCCCCCCCCC. The zero-order valence-corrected chi connectivity index (χ0v) is 51.9. The molecule has 0 aliphatic carbocycles. The average Bonchev–Trinajstić information content (AvgIpc) is 3.44. The van der Waals surface area contributed by atoms with E-state index in [2.05, 4.69) is 93.7 Å². The molecular weight excluding hydrogens is 961 g/mol. The van der Waals surface area contributed by atoms with Gasteiger partial charge in [-0.15, -0.1) is 0 Å². The maximum Gasteiger partial charge on any atom is 0.306 e. The lowest BCUT2D eigenvalue weighted by atomic mass is 10.0. The predicted octanol–water partition coefficient (Wildman–Crippen LogP) is 23.3. The van der Waals surface area contributed by atoms with Gasteiger partial charge in [0.1, 0.15) is 13.2 Å². The molecule has 0 saturated heterocycles. The van der Waals surface area contributed by atoms with Gasteiger partial charge in [0.25, 0.3) is 0 Å². The Morgan fingerprint density at radius 3 is 0.808 bits per heavy atom. The molecule has 0 bridgehead atoms. The first-order valence-electron chi connectivity index (χ1n) is 33.9. The van der Waals surface area contributed by atoms with Crippen LogP contribution in [0.3, 0.4) is 0 Å². The molecule has 0 aromatic rings. The van der Waals surface area contributed by atoms with E-state index in [1.54, 1.807) is 0 Å². The van der Waals surface area contributed by atoms with Crippen LogP contribution < -0.4 is 0 Å². The van der Waals surface area contributed by atoms with Crippen LogP contribution in [0.15, 0.2) is 72.9 Å². The molecule has 0 radical (unpaired) electrons. The third kappa shape index (κ3) is 63.7. The van der Waals surface area contributed by atoms with Crippen molar-refractivity contribution >= 4 is 17.9 Å². The van der Waals surface area contributed by atoms with E-state index in [0.29, 0.717) is 19.3 Å². The van der Waals surface area contributed by atoms with Gasteiger partial charge in [-0.2, -0.15) is 0 Å². The van der Waals surface area contributed by atoms with Crippen molar-refractivity contribution in [1.29, 1.82) is 0 Å². The van der Waals surface area contributed by atoms with Crippen LogP contribution in [0, 0.1) is 0 Å². The third-order valence-electron chi connectivity index (χ3n) is 14.9. The molecule has 452 valence electrons. The number of rotatable bonds is 62. The zero-order valence-electron chi connectivity index (χ0n) is 51.9. The fourth-order valence-corrected chi connectivity index (χ4v) is 9.88. The molecule has 0 fully saturated rings. The second-order valence-electron chi connectivity index (χ2n) is 22.7. The van der Waals surface area contributed by atoms with E-state index in [0.717, 1.165) is 96.3 Å². The van der Waals surface area contributed by atoms with Crippen molar-refractivity contribution in [2.24, 2.45) is 0 Å². The number of hydrogen-bond acceptors (Lipinski definition) is 6. The highest BCUT2D eigenvalue weighted by Gasteiger charge is 2.19. The minimum absolute atomic E-state index is 0.0757. The minimum atomic E-state index is -0.779. The number of carbonyl (C=O) groups excluding carboxylic acids is 3. The van der Waals surface area contributed by atoms with Crippen molar-refractivity contribution in [3.05, 3.63) is 72.9 Å². The summed E-state index contributed by atoms with van der Waals surface area (Å²) in [6, 6.07) is 0. The lowest BCUT2D eigenvalue weighted by molar-refractivity contribution is -0.167. The molecule has 0 spiro atoms. The molecule has 6 nitrogen and oxygen atoms in total. The molecule has 0 aliphatic rings. The Kier molecular flexibility index (Phi) is 63.7. The topological polar surface area (TPSA) is 78.9 Å². The number of ether oxygens (including phenoxy) is 3. The van der Waals surface area contributed by atoms with Gasteiger partial charge in [0.05, 0.1) is 0 Å². The molecule has 0 amide bonds. The molecule has 0 rings (SSSR count). The number of unbranched alkanes of at least 4 members (excludes halogenated alkanes) is 39. The molecule has 1 unspecified atom stereocenters. The van der Waals surface area contributed by atoms with Gasteiger partial charge in [-0.1, -0.05) is 312 Å². The van der Waals surface area contributed by atoms with E-state index in [9.17, 15) is 14.4 Å². The Balaban J connectivity index is 4.27. The van der Waals surface area contributed by atoms with Gasteiger partial charge in [-0.3, -0.25) is 14.4 Å². The summed E-state index contributed by atoms with van der Waals surface area (Å²) in [6.45, 7) is 6.55. The second kappa shape index (κ2) is 66.4. The molecule has 0 aliphatic heterocycles. The first-order valence-corrected chi connectivity index (χ1v) is 33.9. The normalized spacial score (nSPS) is 12.5. The van der Waals surface area contributed by atoms with Crippen LogP contribution in [-0.4, -0.2) is 37.2 Å². The summed E-state index contributed by atoms with van der Waals surface area (Å²) in [5.74, 6) is -0.867. The smallest absolute Gasteiger partial charge is 0.306 e. The molecular formula is C72H128O6. The van der Waals surface area contributed by atoms with Crippen molar-refractivity contribution in [3.8, 4) is 0 Å². The number of allylic oxidation sites excluding steroid dienone is 12. The van der Waals surface area contributed by atoms with Gasteiger partial charge >= 0.3 is 17.9 Å². The summed E-state index contributed by atoms with van der Waals surface area (Å²) in [5.41, 5.74) is 0. The fourth-order valence-electron chi connectivity index (χ4n) is 9.88. The average molecular weight is 1090 g/mol. The highest BCUT2D eigenvalue weighted by atomic mass is 16.6. The minimum Gasteiger partial charge on any atom is -0.462 e. The fraction of sp³-hybridized carbons (Fsp3) is 0.792. The van der Waals surface area contributed by atoms with E-state index in [4.69, 9.17) is 14.2 Å². The van der Waals surface area contributed by atoms with Crippen molar-refractivity contribution in [1.82, 2.24) is 0 Å². The highest BCUT2D eigenvalue weighted by Crippen LogP contribution is 2.18. The Labute approximate surface area is 484 Å². The van der Waals surface area contributed by atoms with Crippen LogP contribution >= 0.6 is 0 Å². The van der Waals surface area contributed by atoms with Gasteiger partial charge in [0, 0.05) is 19.3 Å². The maximum atomic E-state index is 12.9. The van der Waals surface area contributed by atoms with E-state index in [-0.39, 0.29) is 31.1 Å². The lowest BCUT2D eigenvalue weighted by Gasteiger charge is -2.18. The zero-order chi connectivity index (χ0) is 56.4. The second-order valence-corrected chi connectivity index (χ2v) is 22.7. The molecule has 6 heteroatoms. The predicted molar refractivity (Wildman–Crippen MR) is 339 cm³/mol. The first-order chi connectivity index (χ1) is 38.5. The maximum absolute atomic E-state index is 12.9. The lowest BCUT2D eigenvalue weighted by Crippen LogP contribution is -2.30. The summed E-state index contributed by atoms with van der Waals surface area (Å²) in [5, 5.41) is 0. The van der Waals surface area contributed by atoms with E-state index in [1.165, 1.54) is 212 Å². The van der Waals surface area contributed by atoms with E-state index >= 15 is 0 Å². The van der Waals surface area contributed by atoms with Gasteiger partial charge in [-0.25, -0.2) is 0 Å². The monoisotopic (exact) mass is 1090 g/mol. The largest absolute Gasteiger partial charge is 0.462 e. The quantitative estimate of drug-likeness (QED) is 0.0261. The van der Waals surface area contributed by atoms with Crippen LogP contribution in [0.2, 0.25) is 0 Å². The molecule has 0 aromatic heterocycles. The summed E-state index contributed by atoms with van der Waals surface area (Å²) < 4.78 is 17.0. The van der Waals surface area contributed by atoms with Crippen molar-refractivity contribution in [2.75, 3.05) is 13.2 Å². The first kappa shape index (κ1) is 74.8.